The molecule has 10 nitrogen and oxygen atoms in total. The Morgan fingerprint density at radius 3 is 2.59 bits per heavy atom. The van der Waals surface area contributed by atoms with Crippen LogP contribution in [0.15, 0.2) is 48.9 Å². The van der Waals surface area contributed by atoms with Crippen molar-refractivity contribution in [2.24, 2.45) is 7.05 Å². The first-order valence-corrected chi connectivity index (χ1v) is 11.6. The zero-order valence-corrected chi connectivity index (χ0v) is 19.1. The number of nitrogens with zero attached hydrogens (tertiary/aromatic N) is 6. The molecule has 0 unspecified atom stereocenters. The highest BCUT2D eigenvalue weighted by Gasteiger charge is 2.22. The molecule has 4 aromatic rings. The Labute approximate surface area is 197 Å². The SMILES string of the molecule is Cn1cc(-n2ccc3nc(Nc4ccc(N5CCOCC5)cc4)nc(O[C@H]4CCOC4)c32)cn1. The van der Waals surface area contributed by atoms with Crippen molar-refractivity contribution in [3.8, 4) is 11.6 Å². The third kappa shape index (κ3) is 4.17. The van der Waals surface area contributed by atoms with Gasteiger partial charge in [0.1, 0.15) is 11.6 Å². The number of ether oxygens (including phenoxy) is 3. The van der Waals surface area contributed by atoms with Gasteiger partial charge in [-0.15, -0.1) is 0 Å². The third-order valence-electron chi connectivity index (χ3n) is 6.14. The van der Waals surface area contributed by atoms with E-state index in [1.54, 1.807) is 4.68 Å². The van der Waals surface area contributed by atoms with E-state index in [1.807, 2.05) is 48.4 Å². The van der Waals surface area contributed by atoms with Gasteiger partial charge < -0.3 is 29.0 Å². The Hall–Kier alpha value is -3.63. The predicted molar refractivity (Wildman–Crippen MR) is 128 cm³/mol. The highest BCUT2D eigenvalue weighted by atomic mass is 16.5. The summed E-state index contributed by atoms with van der Waals surface area (Å²) in [5.41, 5.74) is 4.63. The third-order valence-corrected chi connectivity index (χ3v) is 6.14. The number of nitrogens with one attached hydrogen (secondary N) is 1. The molecule has 3 aromatic heterocycles. The maximum Gasteiger partial charge on any atom is 0.244 e. The summed E-state index contributed by atoms with van der Waals surface area (Å²) in [6, 6.07) is 10.3. The number of fused-ring (bicyclic) bond motifs is 1. The van der Waals surface area contributed by atoms with Gasteiger partial charge in [-0.25, -0.2) is 4.98 Å². The summed E-state index contributed by atoms with van der Waals surface area (Å²) in [7, 11) is 1.89. The van der Waals surface area contributed by atoms with Crippen LogP contribution in [-0.2, 0) is 16.5 Å². The second kappa shape index (κ2) is 8.96. The summed E-state index contributed by atoms with van der Waals surface area (Å²) in [6.45, 7) is 4.61. The molecule has 1 N–H and O–H groups in total. The molecule has 0 saturated carbocycles. The molecule has 1 aromatic carbocycles. The van der Waals surface area contributed by atoms with Crippen LogP contribution in [0, 0.1) is 0 Å². The number of hydrogen-bond donors (Lipinski definition) is 1. The maximum absolute atomic E-state index is 6.31. The van der Waals surface area contributed by atoms with Gasteiger partial charge in [-0.05, 0) is 30.3 Å². The molecule has 1 atom stereocenters. The Morgan fingerprint density at radius 1 is 1.00 bits per heavy atom. The Balaban J connectivity index is 1.31. The molecule has 6 rings (SSSR count). The molecule has 2 fully saturated rings. The number of hydrogen-bond acceptors (Lipinski definition) is 8. The molecule has 0 spiro atoms. The highest BCUT2D eigenvalue weighted by Crippen LogP contribution is 2.31. The van der Waals surface area contributed by atoms with E-state index >= 15 is 0 Å². The summed E-state index contributed by atoms with van der Waals surface area (Å²) < 4.78 is 21.1. The summed E-state index contributed by atoms with van der Waals surface area (Å²) in [6.07, 6.45) is 6.53. The zero-order chi connectivity index (χ0) is 22.9. The monoisotopic (exact) mass is 461 g/mol. The standard InChI is InChI=1S/C24H27N7O3/c1-29-15-19(14-25-29)31-8-6-21-22(31)23(34-20-7-11-33-16-20)28-24(27-21)26-17-2-4-18(5-3-17)30-9-12-32-13-10-30/h2-6,8,14-15,20H,7,9-13,16H2,1H3,(H,26,27,28)/t20-/m0/s1. The van der Waals surface area contributed by atoms with Crippen molar-refractivity contribution in [1.29, 1.82) is 0 Å². The molecule has 2 aliphatic heterocycles. The lowest BCUT2D eigenvalue weighted by Crippen LogP contribution is -2.36. The molecule has 0 radical (unpaired) electrons. The number of rotatable bonds is 6. The first kappa shape index (κ1) is 20.9. The number of aromatic nitrogens is 5. The van der Waals surface area contributed by atoms with Gasteiger partial charge in [-0.2, -0.15) is 10.1 Å². The Kier molecular flexibility index (Phi) is 5.52. The van der Waals surface area contributed by atoms with E-state index < -0.39 is 0 Å². The minimum atomic E-state index is -0.0315. The maximum atomic E-state index is 6.31. The first-order valence-electron chi connectivity index (χ1n) is 11.6. The van der Waals surface area contributed by atoms with Crippen molar-refractivity contribution in [2.45, 2.75) is 12.5 Å². The largest absolute Gasteiger partial charge is 0.470 e. The molecule has 2 saturated heterocycles. The fourth-order valence-corrected chi connectivity index (χ4v) is 4.37. The van der Waals surface area contributed by atoms with Gasteiger partial charge in [-0.1, -0.05) is 0 Å². The van der Waals surface area contributed by atoms with Crippen molar-refractivity contribution in [3.63, 3.8) is 0 Å². The highest BCUT2D eigenvalue weighted by molar-refractivity contribution is 5.84. The predicted octanol–water partition coefficient (Wildman–Crippen LogP) is 2.90. The number of benzene rings is 1. The van der Waals surface area contributed by atoms with Gasteiger partial charge in [0.15, 0.2) is 0 Å². The van der Waals surface area contributed by atoms with Crippen LogP contribution in [-0.4, -0.2) is 69.9 Å². The molecule has 34 heavy (non-hydrogen) atoms. The van der Waals surface area contributed by atoms with E-state index in [0.29, 0.717) is 25.0 Å². The van der Waals surface area contributed by atoms with Gasteiger partial charge in [-0.3, -0.25) is 4.68 Å². The minimum Gasteiger partial charge on any atom is -0.470 e. The minimum absolute atomic E-state index is 0.0315. The molecule has 10 heteroatoms. The average Bonchev–Trinajstić information content (AvgIpc) is 3.61. The van der Waals surface area contributed by atoms with Gasteiger partial charge in [0, 0.05) is 50.3 Å². The Bertz CT molecular complexity index is 1270. The normalized spacial score (nSPS) is 18.5. The van der Waals surface area contributed by atoms with Crippen LogP contribution in [0.2, 0.25) is 0 Å². The van der Waals surface area contributed by atoms with E-state index in [-0.39, 0.29) is 6.10 Å². The van der Waals surface area contributed by atoms with Gasteiger partial charge in [0.05, 0.1) is 43.8 Å². The van der Waals surface area contributed by atoms with E-state index in [9.17, 15) is 0 Å². The van der Waals surface area contributed by atoms with Crippen molar-refractivity contribution in [3.05, 3.63) is 48.9 Å². The lowest BCUT2D eigenvalue weighted by molar-refractivity contribution is 0.122. The van der Waals surface area contributed by atoms with Crippen molar-refractivity contribution in [1.82, 2.24) is 24.3 Å². The summed E-state index contributed by atoms with van der Waals surface area (Å²) >= 11 is 0. The van der Waals surface area contributed by atoms with Crippen LogP contribution >= 0.6 is 0 Å². The van der Waals surface area contributed by atoms with Crippen molar-refractivity contribution >= 4 is 28.4 Å². The summed E-state index contributed by atoms with van der Waals surface area (Å²) in [5, 5.41) is 7.64. The lowest BCUT2D eigenvalue weighted by atomic mass is 10.2. The zero-order valence-electron chi connectivity index (χ0n) is 19.1. The van der Waals surface area contributed by atoms with E-state index in [4.69, 9.17) is 24.2 Å². The summed E-state index contributed by atoms with van der Waals surface area (Å²) in [5.74, 6) is 1.02. The summed E-state index contributed by atoms with van der Waals surface area (Å²) in [4.78, 5) is 11.9. The molecule has 0 amide bonds. The van der Waals surface area contributed by atoms with E-state index in [1.165, 1.54) is 5.69 Å². The molecule has 0 bridgehead atoms. The second-order valence-electron chi connectivity index (χ2n) is 8.52. The van der Waals surface area contributed by atoms with Crippen LogP contribution in [0.4, 0.5) is 17.3 Å². The van der Waals surface area contributed by atoms with Crippen molar-refractivity contribution < 1.29 is 14.2 Å². The number of aryl methyl sites for hydroxylation is 1. The van der Waals surface area contributed by atoms with Gasteiger partial charge >= 0.3 is 0 Å². The van der Waals surface area contributed by atoms with Crippen LogP contribution in [0.1, 0.15) is 6.42 Å². The number of morpholine rings is 1. The second-order valence-corrected chi connectivity index (χ2v) is 8.52. The number of anilines is 3. The Morgan fingerprint density at radius 2 is 1.85 bits per heavy atom. The average molecular weight is 462 g/mol. The molecule has 176 valence electrons. The lowest BCUT2D eigenvalue weighted by Gasteiger charge is -2.28. The molecular weight excluding hydrogens is 434 g/mol. The van der Waals surface area contributed by atoms with Crippen LogP contribution in [0.5, 0.6) is 5.88 Å². The smallest absolute Gasteiger partial charge is 0.244 e. The van der Waals surface area contributed by atoms with Gasteiger partial charge in [0.2, 0.25) is 11.8 Å². The quantitative estimate of drug-likeness (QED) is 0.469. The fraction of sp³-hybridized carbons (Fsp3) is 0.375. The fourth-order valence-electron chi connectivity index (χ4n) is 4.37. The van der Waals surface area contributed by atoms with Crippen LogP contribution < -0.4 is 15.0 Å². The van der Waals surface area contributed by atoms with Crippen LogP contribution in [0.25, 0.3) is 16.7 Å². The van der Waals surface area contributed by atoms with Crippen LogP contribution in [0.3, 0.4) is 0 Å². The van der Waals surface area contributed by atoms with Gasteiger partial charge in [0.25, 0.3) is 0 Å². The molecule has 0 aliphatic carbocycles. The molecule has 2 aliphatic rings. The molecule has 5 heterocycles. The van der Waals surface area contributed by atoms with E-state index in [2.05, 4.69) is 27.4 Å². The van der Waals surface area contributed by atoms with Crippen molar-refractivity contribution in [2.75, 3.05) is 49.7 Å². The first-order chi connectivity index (χ1) is 16.7. The van der Waals surface area contributed by atoms with E-state index in [0.717, 1.165) is 55.1 Å². The molecular formula is C24H27N7O3. The topological polar surface area (TPSA) is 91.5 Å².